The van der Waals surface area contributed by atoms with E-state index in [-0.39, 0.29) is 19.1 Å². The molecule has 116 valence electrons. The summed E-state index contributed by atoms with van der Waals surface area (Å²) in [6.07, 6.45) is 0.0222. The first kappa shape index (κ1) is 16.7. The van der Waals surface area contributed by atoms with Crippen LogP contribution in [0.3, 0.4) is 0 Å². The Kier molecular flexibility index (Phi) is 6.74. The molecule has 0 spiro atoms. The van der Waals surface area contributed by atoms with E-state index in [1.54, 1.807) is 4.90 Å². The first-order valence-corrected chi connectivity index (χ1v) is 7.05. The second-order valence-electron chi connectivity index (χ2n) is 5.53. The Morgan fingerprint density at radius 1 is 1.20 bits per heavy atom. The van der Waals surface area contributed by atoms with Gasteiger partial charge in [-0.25, -0.2) is 9.59 Å². The van der Waals surface area contributed by atoms with Gasteiger partial charge in [-0.05, 0) is 5.92 Å². The quantitative estimate of drug-likeness (QED) is 0.629. The van der Waals surface area contributed by atoms with Crippen LogP contribution in [0.2, 0.25) is 0 Å². The Bertz CT molecular complexity index is 328. The molecule has 1 unspecified atom stereocenters. The van der Waals surface area contributed by atoms with Gasteiger partial charge in [0.15, 0.2) is 0 Å². The van der Waals surface area contributed by atoms with Gasteiger partial charge in [0.25, 0.3) is 0 Å². The second kappa shape index (κ2) is 8.06. The van der Waals surface area contributed by atoms with Crippen molar-refractivity contribution in [2.24, 2.45) is 5.92 Å². The molecule has 0 aromatic carbocycles. The number of carboxylic acid groups (broad SMARTS) is 1. The standard InChI is InChI=1S/C13H25N3O4/c1-10(2)9-15-4-6-16(7-5-15)13(20)14-11(3-8-17)12(18)19/h10-11,17H,3-9H2,1-2H3,(H,14,20)(H,18,19). The Labute approximate surface area is 119 Å². The highest BCUT2D eigenvalue weighted by Crippen LogP contribution is 2.06. The molecule has 1 heterocycles. The molecule has 0 radical (unpaired) electrons. The lowest BCUT2D eigenvalue weighted by atomic mass is 10.2. The summed E-state index contributed by atoms with van der Waals surface area (Å²) in [5.41, 5.74) is 0. The second-order valence-corrected chi connectivity index (χ2v) is 5.53. The van der Waals surface area contributed by atoms with Crippen LogP contribution < -0.4 is 5.32 Å². The normalized spacial score (nSPS) is 18.1. The summed E-state index contributed by atoms with van der Waals surface area (Å²) >= 11 is 0. The highest BCUT2D eigenvalue weighted by Gasteiger charge is 2.25. The van der Waals surface area contributed by atoms with Gasteiger partial charge in [-0.1, -0.05) is 13.8 Å². The third-order valence-corrected chi connectivity index (χ3v) is 3.30. The number of aliphatic hydroxyl groups excluding tert-OH is 1. The topological polar surface area (TPSA) is 93.1 Å². The number of piperazine rings is 1. The van der Waals surface area contributed by atoms with Crippen molar-refractivity contribution < 1.29 is 19.8 Å². The number of amides is 2. The zero-order chi connectivity index (χ0) is 15.1. The molecule has 0 saturated carbocycles. The van der Waals surface area contributed by atoms with Gasteiger partial charge in [-0.2, -0.15) is 0 Å². The SMILES string of the molecule is CC(C)CN1CCN(C(=O)NC(CCO)C(=O)O)CC1. The molecule has 0 aromatic heterocycles. The van der Waals surface area contributed by atoms with Crippen LogP contribution in [-0.2, 0) is 4.79 Å². The third-order valence-electron chi connectivity index (χ3n) is 3.30. The molecule has 1 saturated heterocycles. The summed E-state index contributed by atoms with van der Waals surface area (Å²) in [5.74, 6) is -0.526. The largest absolute Gasteiger partial charge is 0.480 e. The van der Waals surface area contributed by atoms with Gasteiger partial charge in [0.1, 0.15) is 6.04 Å². The summed E-state index contributed by atoms with van der Waals surface area (Å²) in [5, 5.41) is 20.2. The maximum absolute atomic E-state index is 12.0. The van der Waals surface area contributed by atoms with Crippen molar-refractivity contribution in [1.29, 1.82) is 0 Å². The lowest BCUT2D eigenvalue weighted by Crippen LogP contribution is -2.55. The van der Waals surface area contributed by atoms with E-state index < -0.39 is 12.0 Å². The van der Waals surface area contributed by atoms with Gasteiger partial charge in [0.2, 0.25) is 0 Å². The molecule has 0 bridgehead atoms. The van der Waals surface area contributed by atoms with Crippen molar-refractivity contribution in [3.05, 3.63) is 0 Å². The van der Waals surface area contributed by atoms with Crippen LogP contribution in [0.5, 0.6) is 0 Å². The van der Waals surface area contributed by atoms with Crippen LogP contribution in [0.4, 0.5) is 4.79 Å². The number of urea groups is 1. The fraction of sp³-hybridized carbons (Fsp3) is 0.846. The van der Waals surface area contributed by atoms with Gasteiger partial charge >= 0.3 is 12.0 Å². The number of hydrogen-bond donors (Lipinski definition) is 3. The zero-order valence-corrected chi connectivity index (χ0v) is 12.2. The maximum atomic E-state index is 12.0. The molecule has 1 fully saturated rings. The van der Waals surface area contributed by atoms with Crippen LogP contribution in [0.25, 0.3) is 0 Å². The smallest absolute Gasteiger partial charge is 0.326 e. The molecule has 20 heavy (non-hydrogen) atoms. The van der Waals surface area contributed by atoms with Crippen LogP contribution >= 0.6 is 0 Å². The highest BCUT2D eigenvalue weighted by molar-refractivity contribution is 5.82. The number of carboxylic acids is 1. The number of rotatable bonds is 6. The summed E-state index contributed by atoms with van der Waals surface area (Å²) in [4.78, 5) is 26.8. The minimum Gasteiger partial charge on any atom is -0.480 e. The molecule has 1 atom stereocenters. The summed E-state index contributed by atoms with van der Waals surface area (Å²) < 4.78 is 0. The molecule has 0 aliphatic carbocycles. The van der Waals surface area contributed by atoms with Gasteiger partial charge in [0, 0.05) is 45.8 Å². The number of aliphatic carboxylic acids is 1. The van der Waals surface area contributed by atoms with E-state index in [0.29, 0.717) is 19.0 Å². The molecule has 2 amide bonds. The molecule has 7 heteroatoms. The van der Waals surface area contributed by atoms with Crippen molar-refractivity contribution in [2.45, 2.75) is 26.3 Å². The molecule has 1 aliphatic rings. The predicted octanol–water partition coefficient (Wildman–Crippen LogP) is -0.195. The fourth-order valence-electron chi connectivity index (χ4n) is 2.28. The number of carbonyl (C=O) groups excluding carboxylic acids is 1. The number of nitrogens with one attached hydrogen (secondary N) is 1. The van der Waals surface area contributed by atoms with Crippen LogP contribution in [0, 0.1) is 5.92 Å². The van der Waals surface area contributed by atoms with Crippen molar-refractivity contribution in [1.82, 2.24) is 15.1 Å². The Morgan fingerprint density at radius 3 is 2.25 bits per heavy atom. The van der Waals surface area contributed by atoms with E-state index in [1.165, 1.54) is 0 Å². The molecule has 7 nitrogen and oxygen atoms in total. The minimum atomic E-state index is -1.12. The van der Waals surface area contributed by atoms with E-state index in [0.717, 1.165) is 19.6 Å². The Morgan fingerprint density at radius 2 is 1.80 bits per heavy atom. The first-order valence-electron chi connectivity index (χ1n) is 7.05. The van der Waals surface area contributed by atoms with Gasteiger partial charge in [-0.3, -0.25) is 4.90 Å². The van der Waals surface area contributed by atoms with Crippen molar-refractivity contribution in [3.8, 4) is 0 Å². The van der Waals surface area contributed by atoms with E-state index in [1.807, 2.05) is 0 Å². The van der Waals surface area contributed by atoms with E-state index in [4.69, 9.17) is 10.2 Å². The van der Waals surface area contributed by atoms with Crippen LogP contribution in [0.15, 0.2) is 0 Å². The van der Waals surface area contributed by atoms with Gasteiger partial charge in [0.05, 0.1) is 0 Å². The number of carbonyl (C=O) groups is 2. The van der Waals surface area contributed by atoms with E-state index in [9.17, 15) is 9.59 Å². The predicted molar refractivity (Wildman–Crippen MR) is 74.5 cm³/mol. The van der Waals surface area contributed by atoms with Gasteiger partial charge < -0.3 is 20.4 Å². The fourth-order valence-corrected chi connectivity index (χ4v) is 2.28. The Hall–Kier alpha value is -1.34. The molecule has 3 N–H and O–H groups in total. The van der Waals surface area contributed by atoms with Crippen molar-refractivity contribution in [3.63, 3.8) is 0 Å². The molecule has 1 aliphatic heterocycles. The lowest BCUT2D eigenvalue weighted by molar-refractivity contribution is -0.139. The average molecular weight is 287 g/mol. The van der Waals surface area contributed by atoms with E-state index in [2.05, 4.69) is 24.1 Å². The molecular formula is C13H25N3O4. The lowest BCUT2D eigenvalue weighted by Gasteiger charge is -2.35. The average Bonchev–Trinajstić information content (AvgIpc) is 2.38. The summed E-state index contributed by atoms with van der Waals surface area (Å²) in [6, 6.07) is -1.39. The first-order chi connectivity index (χ1) is 9.43. The zero-order valence-electron chi connectivity index (χ0n) is 12.2. The van der Waals surface area contributed by atoms with Gasteiger partial charge in [-0.15, -0.1) is 0 Å². The molecular weight excluding hydrogens is 262 g/mol. The third kappa shape index (κ3) is 5.34. The summed E-state index contributed by atoms with van der Waals surface area (Å²) in [6.45, 7) is 7.88. The van der Waals surface area contributed by atoms with Crippen LogP contribution in [-0.4, -0.2) is 77.4 Å². The maximum Gasteiger partial charge on any atom is 0.326 e. The molecule has 0 aromatic rings. The monoisotopic (exact) mass is 287 g/mol. The van der Waals surface area contributed by atoms with Crippen LogP contribution in [0.1, 0.15) is 20.3 Å². The number of hydrogen-bond acceptors (Lipinski definition) is 4. The molecule has 1 rings (SSSR count). The number of aliphatic hydroxyl groups is 1. The highest BCUT2D eigenvalue weighted by atomic mass is 16.4. The van der Waals surface area contributed by atoms with Crippen molar-refractivity contribution >= 4 is 12.0 Å². The van der Waals surface area contributed by atoms with E-state index >= 15 is 0 Å². The minimum absolute atomic E-state index is 0.0222. The van der Waals surface area contributed by atoms with Crippen molar-refractivity contribution in [2.75, 3.05) is 39.3 Å². The Balaban J connectivity index is 2.40. The number of nitrogens with zero attached hydrogens (tertiary/aromatic N) is 2. The summed E-state index contributed by atoms with van der Waals surface area (Å²) in [7, 11) is 0.